The van der Waals surface area contributed by atoms with E-state index in [0.717, 1.165) is 38.8 Å². The van der Waals surface area contributed by atoms with Crippen LogP contribution in [0.25, 0.3) is 15.9 Å². The van der Waals surface area contributed by atoms with Crippen LogP contribution >= 0.6 is 0 Å². The molecule has 35 heavy (non-hydrogen) atoms. The monoisotopic (exact) mass is 472 g/mol. The number of benzene rings is 1. The Hall–Kier alpha value is -3.24. The third-order valence-electron chi connectivity index (χ3n) is 7.41. The van der Waals surface area contributed by atoms with Crippen LogP contribution in [0.2, 0.25) is 0 Å². The number of hydrogen-bond donors (Lipinski definition) is 0. The van der Waals surface area contributed by atoms with Crippen molar-refractivity contribution in [2.45, 2.75) is 71.5 Å². The number of piperazine rings is 1. The van der Waals surface area contributed by atoms with Gasteiger partial charge >= 0.3 is 5.69 Å². The Labute approximate surface area is 208 Å². The lowest BCUT2D eigenvalue weighted by Gasteiger charge is -2.49. The quantitative estimate of drug-likeness (QED) is 0.431. The molecule has 1 aromatic carbocycles. The van der Waals surface area contributed by atoms with E-state index in [-0.39, 0.29) is 11.7 Å². The predicted octanol–water partition coefficient (Wildman–Crippen LogP) is 5.41. The molecule has 3 atom stereocenters. The molecule has 184 valence electrons. The predicted molar refractivity (Wildman–Crippen MR) is 142 cm³/mol. The van der Waals surface area contributed by atoms with Crippen molar-refractivity contribution in [2.24, 2.45) is 7.05 Å². The molecule has 0 N–H and O–H groups in total. The van der Waals surface area contributed by atoms with Crippen molar-refractivity contribution in [3.63, 3.8) is 0 Å². The smallest absolute Gasteiger partial charge is 0.350 e. The van der Waals surface area contributed by atoms with Crippen molar-refractivity contribution in [3.05, 3.63) is 69.4 Å². The molecule has 0 bridgehead atoms. The Bertz CT molecular complexity index is 1280. The van der Waals surface area contributed by atoms with Crippen LogP contribution < -0.4 is 10.6 Å². The molecular formula is C28H36N6O. The summed E-state index contributed by atoms with van der Waals surface area (Å²) in [5.74, 6) is 0.932. The average molecular weight is 473 g/mol. The van der Waals surface area contributed by atoms with E-state index in [0.29, 0.717) is 34.8 Å². The number of fused-ring (bicyclic) bond motifs is 1. The fourth-order valence-corrected chi connectivity index (χ4v) is 5.37. The Balaban J connectivity index is 1.77. The van der Waals surface area contributed by atoms with Crippen LogP contribution in [0, 0.1) is 13.5 Å². The van der Waals surface area contributed by atoms with E-state index in [1.807, 2.05) is 6.07 Å². The standard InChI is InChI=1S/C28H36N6O/c1-7-10-23(20-13-11-19(4)12-14-20)33-17-22(9-3)34(18-21(33)8-2)27-26-24(32(6)28(35)31-27)15-16-25(29-5)30-26/h11-16,21-23H,7-10,17-18H2,1-4,6H3. The summed E-state index contributed by atoms with van der Waals surface area (Å²) in [5, 5.41) is 0. The van der Waals surface area contributed by atoms with Crippen LogP contribution in [0.15, 0.2) is 41.2 Å². The van der Waals surface area contributed by atoms with Gasteiger partial charge in [0.1, 0.15) is 0 Å². The Kier molecular flexibility index (Phi) is 7.51. The number of anilines is 1. The van der Waals surface area contributed by atoms with Gasteiger partial charge in [-0.2, -0.15) is 4.98 Å². The van der Waals surface area contributed by atoms with E-state index in [1.54, 1.807) is 13.1 Å². The van der Waals surface area contributed by atoms with Crippen molar-refractivity contribution in [2.75, 3.05) is 18.0 Å². The van der Waals surface area contributed by atoms with E-state index in [1.165, 1.54) is 15.7 Å². The highest BCUT2D eigenvalue weighted by Gasteiger charge is 2.38. The van der Waals surface area contributed by atoms with Crippen LogP contribution in [0.5, 0.6) is 0 Å². The third-order valence-corrected chi connectivity index (χ3v) is 7.41. The molecule has 3 unspecified atom stereocenters. The zero-order valence-electron chi connectivity index (χ0n) is 21.5. The van der Waals surface area contributed by atoms with Gasteiger partial charge in [0.25, 0.3) is 5.82 Å². The summed E-state index contributed by atoms with van der Waals surface area (Å²) in [7, 11) is 1.71. The number of pyridine rings is 1. The van der Waals surface area contributed by atoms with Crippen LogP contribution in [0.4, 0.5) is 11.6 Å². The Morgan fingerprint density at radius 2 is 1.74 bits per heavy atom. The van der Waals surface area contributed by atoms with Crippen LogP contribution in [-0.2, 0) is 7.05 Å². The van der Waals surface area contributed by atoms with Crippen LogP contribution in [0.3, 0.4) is 0 Å². The maximum Gasteiger partial charge on any atom is 0.350 e. The fraction of sp³-hybridized carbons (Fsp3) is 0.500. The molecule has 7 heteroatoms. The molecule has 1 aliphatic heterocycles. The van der Waals surface area contributed by atoms with Crippen LogP contribution in [-0.4, -0.2) is 44.6 Å². The molecule has 7 nitrogen and oxygen atoms in total. The first kappa shape index (κ1) is 24.9. The van der Waals surface area contributed by atoms with Gasteiger partial charge in [-0.15, -0.1) is 4.98 Å². The molecule has 0 spiro atoms. The van der Waals surface area contributed by atoms with Crippen molar-refractivity contribution < 1.29 is 0 Å². The van der Waals surface area contributed by atoms with Gasteiger partial charge in [-0.05, 0) is 43.9 Å². The topological polar surface area (TPSA) is 58.6 Å². The first-order valence-electron chi connectivity index (χ1n) is 12.8. The van der Waals surface area contributed by atoms with Gasteiger partial charge in [-0.3, -0.25) is 9.47 Å². The Morgan fingerprint density at radius 3 is 2.37 bits per heavy atom. The second-order valence-electron chi connectivity index (χ2n) is 9.61. The molecule has 2 aromatic heterocycles. The lowest BCUT2D eigenvalue weighted by molar-refractivity contribution is 0.0865. The molecule has 0 aliphatic carbocycles. The zero-order chi connectivity index (χ0) is 25.1. The van der Waals surface area contributed by atoms with Crippen molar-refractivity contribution in [1.82, 2.24) is 19.4 Å². The van der Waals surface area contributed by atoms with E-state index >= 15 is 0 Å². The second kappa shape index (κ2) is 10.6. The van der Waals surface area contributed by atoms with Gasteiger partial charge in [0.2, 0.25) is 5.52 Å². The maximum absolute atomic E-state index is 12.8. The summed E-state index contributed by atoms with van der Waals surface area (Å²) in [6, 6.07) is 13.3. The summed E-state index contributed by atoms with van der Waals surface area (Å²) >= 11 is 0. The molecule has 3 heterocycles. The first-order chi connectivity index (χ1) is 16.9. The van der Waals surface area contributed by atoms with Gasteiger partial charge < -0.3 is 9.74 Å². The van der Waals surface area contributed by atoms with Gasteiger partial charge in [0, 0.05) is 38.3 Å². The summed E-state index contributed by atoms with van der Waals surface area (Å²) in [4.78, 5) is 30.4. The minimum Gasteiger partial charge on any atom is -0.361 e. The lowest BCUT2D eigenvalue weighted by Crippen LogP contribution is -2.59. The maximum atomic E-state index is 12.8. The molecule has 1 saturated heterocycles. The van der Waals surface area contributed by atoms with Gasteiger partial charge in [0.15, 0.2) is 5.82 Å². The number of rotatable bonds is 7. The largest absolute Gasteiger partial charge is 0.361 e. The number of nitrogens with zero attached hydrogens (tertiary/aromatic N) is 6. The molecule has 0 saturated carbocycles. The van der Waals surface area contributed by atoms with E-state index in [9.17, 15) is 4.79 Å². The van der Waals surface area contributed by atoms with Gasteiger partial charge in [-0.1, -0.05) is 63.6 Å². The Morgan fingerprint density at radius 1 is 1.03 bits per heavy atom. The minimum atomic E-state index is -0.293. The van der Waals surface area contributed by atoms with E-state index < -0.39 is 0 Å². The molecule has 0 radical (unpaired) electrons. The highest BCUT2D eigenvalue weighted by Crippen LogP contribution is 2.36. The molecule has 1 fully saturated rings. The van der Waals surface area contributed by atoms with Gasteiger partial charge in [0.05, 0.1) is 5.52 Å². The molecular weight excluding hydrogens is 436 g/mol. The van der Waals surface area contributed by atoms with Gasteiger partial charge in [-0.25, -0.2) is 4.79 Å². The van der Waals surface area contributed by atoms with E-state index in [4.69, 9.17) is 6.57 Å². The normalized spacial score (nSPS) is 19.6. The lowest BCUT2D eigenvalue weighted by atomic mass is 9.93. The number of aromatic nitrogens is 3. The molecule has 0 amide bonds. The second-order valence-corrected chi connectivity index (χ2v) is 9.61. The summed E-state index contributed by atoms with van der Waals surface area (Å²) < 4.78 is 1.52. The zero-order valence-corrected chi connectivity index (χ0v) is 21.5. The van der Waals surface area contributed by atoms with E-state index in [2.05, 4.69) is 76.6 Å². The molecule has 4 rings (SSSR count). The number of aryl methyl sites for hydroxylation is 2. The minimum absolute atomic E-state index is 0.198. The highest BCUT2D eigenvalue weighted by molar-refractivity contribution is 5.87. The van der Waals surface area contributed by atoms with Crippen molar-refractivity contribution in [3.8, 4) is 0 Å². The number of hydrogen-bond acceptors (Lipinski definition) is 5. The third kappa shape index (κ3) is 4.81. The molecule has 1 aliphatic rings. The first-order valence-corrected chi connectivity index (χ1v) is 12.8. The van der Waals surface area contributed by atoms with Crippen molar-refractivity contribution >= 4 is 22.7 Å². The fourth-order valence-electron chi connectivity index (χ4n) is 5.37. The molecule has 3 aromatic rings. The summed E-state index contributed by atoms with van der Waals surface area (Å²) in [6.45, 7) is 17.9. The average Bonchev–Trinajstić information content (AvgIpc) is 2.89. The summed E-state index contributed by atoms with van der Waals surface area (Å²) in [5.41, 5.74) is 3.70. The van der Waals surface area contributed by atoms with Crippen LogP contribution in [0.1, 0.15) is 63.6 Å². The SMILES string of the molecule is [C-]#[N+]c1ccc2c(n1)c(N1CC(CC)N(C(CCC)c3ccc(C)cc3)CC1CC)nc(=O)n2C. The van der Waals surface area contributed by atoms with Crippen molar-refractivity contribution in [1.29, 1.82) is 0 Å². The summed E-state index contributed by atoms with van der Waals surface area (Å²) in [6.07, 6.45) is 4.16. The highest BCUT2D eigenvalue weighted by atomic mass is 16.1.